The van der Waals surface area contributed by atoms with Gasteiger partial charge in [0.2, 0.25) is 0 Å². The molecule has 0 saturated carbocycles. The largest absolute Gasteiger partial charge is 0.468 e. The van der Waals surface area contributed by atoms with Crippen molar-refractivity contribution in [3.05, 3.63) is 29.0 Å². The molecular weight excluding hydrogens is 272 g/mol. The predicted octanol–water partition coefficient (Wildman–Crippen LogP) is 2.21. The zero-order valence-corrected chi connectivity index (χ0v) is 11.5. The van der Waals surface area contributed by atoms with Gasteiger partial charge in [-0.05, 0) is 11.6 Å². The lowest BCUT2D eigenvalue weighted by Gasteiger charge is -2.07. The molecule has 4 nitrogen and oxygen atoms in total. The highest BCUT2D eigenvalue weighted by Gasteiger charge is 2.30. The van der Waals surface area contributed by atoms with Crippen LogP contribution in [0.3, 0.4) is 0 Å². The van der Waals surface area contributed by atoms with Crippen LogP contribution in [0.15, 0.2) is 23.3 Å². The summed E-state index contributed by atoms with van der Waals surface area (Å²) in [6.45, 7) is 0.521. The summed E-state index contributed by atoms with van der Waals surface area (Å²) in [7, 11) is 1.41. The normalized spacial score (nSPS) is 21.2. The fourth-order valence-electron chi connectivity index (χ4n) is 1.67. The zero-order valence-electron chi connectivity index (χ0n) is 9.93. The van der Waals surface area contributed by atoms with Crippen molar-refractivity contribution in [1.29, 1.82) is 0 Å². The lowest BCUT2D eigenvalue weighted by atomic mass is 10.1. The van der Waals surface area contributed by atoms with Gasteiger partial charge in [0, 0.05) is 23.4 Å². The molecular formula is C12H13ClN2O2S. The van der Waals surface area contributed by atoms with Gasteiger partial charge in [-0.3, -0.25) is 9.79 Å². The van der Waals surface area contributed by atoms with Gasteiger partial charge in [-0.1, -0.05) is 17.7 Å². The van der Waals surface area contributed by atoms with Gasteiger partial charge in [0.25, 0.3) is 0 Å². The van der Waals surface area contributed by atoms with E-state index in [1.165, 1.54) is 7.11 Å². The molecule has 0 amide bonds. The molecule has 1 aromatic heterocycles. The quantitative estimate of drug-likeness (QED) is 0.631. The van der Waals surface area contributed by atoms with Crippen LogP contribution in [0.5, 0.6) is 0 Å². The van der Waals surface area contributed by atoms with Crippen LogP contribution in [0.25, 0.3) is 0 Å². The Hall–Kier alpha value is -1.07. The molecule has 96 valence electrons. The summed E-state index contributed by atoms with van der Waals surface area (Å²) >= 11 is 7.41. The minimum absolute atomic E-state index is 0.194. The van der Waals surface area contributed by atoms with E-state index in [1.807, 2.05) is 6.07 Å². The van der Waals surface area contributed by atoms with Gasteiger partial charge in [0.15, 0.2) is 0 Å². The average molecular weight is 285 g/mol. The Kier molecular flexibility index (Phi) is 4.60. The number of methoxy groups -OCH3 is 1. The van der Waals surface area contributed by atoms with Crippen molar-refractivity contribution >= 4 is 35.0 Å². The van der Waals surface area contributed by atoms with E-state index < -0.39 is 0 Å². The molecule has 0 aliphatic carbocycles. The third kappa shape index (κ3) is 3.23. The van der Waals surface area contributed by atoms with E-state index in [9.17, 15) is 4.79 Å². The summed E-state index contributed by atoms with van der Waals surface area (Å²) < 4.78 is 4.77. The number of nitrogens with zero attached hydrogens (tertiary/aromatic N) is 2. The van der Waals surface area contributed by atoms with Crippen molar-refractivity contribution in [2.75, 3.05) is 18.6 Å². The molecule has 1 unspecified atom stereocenters. The van der Waals surface area contributed by atoms with Gasteiger partial charge in [0.1, 0.15) is 11.1 Å². The summed E-state index contributed by atoms with van der Waals surface area (Å²) in [6, 6.07) is 3.62. The first kappa shape index (κ1) is 13.4. The summed E-state index contributed by atoms with van der Waals surface area (Å²) in [6.07, 6.45) is 1.70. The molecule has 1 aliphatic heterocycles. The SMILES string of the molecule is COC(=O)C1CSCC1=NCc1ccc(Cl)nc1. The number of hydrogen-bond donors (Lipinski definition) is 0. The van der Waals surface area contributed by atoms with Crippen LogP contribution in [0, 0.1) is 5.92 Å². The molecule has 1 fully saturated rings. The highest BCUT2D eigenvalue weighted by atomic mass is 35.5. The van der Waals surface area contributed by atoms with E-state index in [1.54, 1.807) is 24.0 Å². The van der Waals surface area contributed by atoms with E-state index in [4.69, 9.17) is 16.3 Å². The molecule has 0 radical (unpaired) electrons. The molecule has 1 atom stereocenters. The number of carbonyl (C=O) groups excluding carboxylic acids is 1. The number of ether oxygens (including phenoxy) is 1. The summed E-state index contributed by atoms with van der Waals surface area (Å²) in [5.41, 5.74) is 1.88. The van der Waals surface area contributed by atoms with Crippen LogP contribution in [0.4, 0.5) is 0 Å². The smallest absolute Gasteiger partial charge is 0.315 e. The van der Waals surface area contributed by atoms with E-state index in [-0.39, 0.29) is 11.9 Å². The maximum Gasteiger partial charge on any atom is 0.315 e. The minimum atomic E-state index is -0.201. The third-order valence-corrected chi connectivity index (χ3v) is 3.97. The second-order valence-corrected chi connectivity index (χ2v) is 5.31. The van der Waals surface area contributed by atoms with Crippen LogP contribution in [-0.2, 0) is 16.1 Å². The molecule has 0 bridgehead atoms. The van der Waals surface area contributed by atoms with Crippen LogP contribution in [-0.4, -0.2) is 35.3 Å². The molecule has 0 aromatic carbocycles. The van der Waals surface area contributed by atoms with Gasteiger partial charge in [-0.2, -0.15) is 11.8 Å². The van der Waals surface area contributed by atoms with Gasteiger partial charge >= 0.3 is 5.97 Å². The number of esters is 1. The van der Waals surface area contributed by atoms with E-state index in [2.05, 4.69) is 9.98 Å². The van der Waals surface area contributed by atoms with E-state index in [0.717, 1.165) is 22.8 Å². The second kappa shape index (κ2) is 6.20. The molecule has 2 rings (SSSR count). The zero-order chi connectivity index (χ0) is 13.0. The molecule has 1 saturated heterocycles. The van der Waals surface area contributed by atoms with Gasteiger partial charge in [-0.25, -0.2) is 4.98 Å². The van der Waals surface area contributed by atoms with E-state index >= 15 is 0 Å². The summed E-state index contributed by atoms with van der Waals surface area (Å²) in [5.74, 6) is 1.15. The fraction of sp³-hybridized carbons (Fsp3) is 0.417. The van der Waals surface area contributed by atoms with Crippen molar-refractivity contribution in [2.24, 2.45) is 10.9 Å². The summed E-state index contributed by atoms with van der Waals surface area (Å²) in [4.78, 5) is 20.0. The van der Waals surface area contributed by atoms with Crippen molar-refractivity contribution in [3.8, 4) is 0 Å². The molecule has 1 aliphatic rings. The van der Waals surface area contributed by atoms with Crippen molar-refractivity contribution < 1.29 is 9.53 Å². The molecule has 0 spiro atoms. The van der Waals surface area contributed by atoms with Crippen LogP contribution in [0.2, 0.25) is 5.15 Å². The predicted molar refractivity (Wildman–Crippen MR) is 73.2 cm³/mol. The number of halogens is 1. The summed E-state index contributed by atoms with van der Waals surface area (Å²) in [5, 5.41) is 0.468. The van der Waals surface area contributed by atoms with Crippen LogP contribution < -0.4 is 0 Å². The Morgan fingerprint density at radius 2 is 2.50 bits per heavy atom. The molecule has 6 heteroatoms. The Balaban J connectivity index is 2.04. The average Bonchev–Trinajstić information content (AvgIpc) is 2.85. The standard InChI is InChI=1S/C12H13ClN2O2S/c1-17-12(16)9-6-18-7-10(9)14-4-8-2-3-11(13)15-5-8/h2-3,5,9H,4,6-7H2,1H3. The van der Waals surface area contributed by atoms with Crippen molar-refractivity contribution in [1.82, 2.24) is 4.98 Å². The Bertz CT molecular complexity index is 462. The monoisotopic (exact) mass is 284 g/mol. The lowest BCUT2D eigenvalue weighted by molar-refractivity contribution is -0.142. The van der Waals surface area contributed by atoms with Crippen molar-refractivity contribution in [3.63, 3.8) is 0 Å². The second-order valence-electron chi connectivity index (χ2n) is 3.89. The number of aliphatic imine (C=N–C) groups is 1. The maximum atomic E-state index is 11.5. The van der Waals surface area contributed by atoms with E-state index in [0.29, 0.717) is 11.7 Å². The number of pyridine rings is 1. The topological polar surface area (TPSA) is 51.5 Å². The number of hydrogen-bond acceptors (Lipinski definition) is 5. The highest BCUT2D eigenvalue weighted by Crippen LogP contribution is 2.23. The number of carbonyl (C=O) groups is 1. The molecule has 0 N–H and O–H groups in total. The first-order chi connectivity index (χ1) is 8.70. The molecule has 1 aromatic rings. The Morgan fingerprint density at radius 1 is 1.67 bits per heavy atom. The van der Waals surface area contributed by atoms with Gasteiger partial charge < -0.3 is 4.74 Å². The number of aromatic nitrogens is 1. The van der Waals surface area contributed by atoms with Crippen LogP contribution in [0.1, 0.15) is 5.56 Å². The van der Waals surface area contributed by atoms with Gasteiger partial charge in [-0.15, -0.1) is 0 Å². The fourth-order valence-corrected chi connectivity index (χ4v) is 2.97. The Morgan fingerprint density at radius 3 is 3.17 bits per heavy atom. The first-order valence-corrected chi connectivity index (χ1v) is 7.03. The highest BCUT2D eigenvalue weighted by molar-refractivity contribution is 8.00. The maximum absolute atomic E-state index is 11.5. The van der Waals surface area contributed by atoms with Crippen molar-refractivity contribution in [2.45, 2.75) is 6.54 Å². The third-order valence-electron chi connectivity index (χ3n) is 2.68. The Labute approximate surface area is 115 Å². The lowest BCUT2D eigenvalue weighted by Crippen LogP contribution is -2.23. The van der Waals surface area contributed by atoms with Crippen LogP contribution >= 0.6 is 23.4 Å². The number of rotatable bonds is 3. The molecule has 18 heavy (non-hydrogen) atoms. The number of thioether (sulfide) groups is 1. The van der Waals surface area contributed by atoms with Gasteiger partial charge in [0.05, 0.1) is 13.7 Å². The first-order valence-electron chi connectivity index (χ1n) is 5.50. The molecule has 2 heterocycles. The minimum Gasteiger partial charge on any atom is -0.468 e.